The summed E-state index contributed by atoms with van der Waals surface area (Å²) < 4.78 is 5.41. The van der Waals surface area contributed by atoms with E-state index in [1.54, 1.807) is 19.1 Å². The van der Waals surface area contributed by atoms with Crippen molar-refractivity contribution in [1.29, 1.82) is 0 Å². The van der Waals surface area contributed by atoms with Crippen molar-refractivity contribution in [3.63, 3.8) is 0 Å². The minimum Gasteiger partial charge on any atom is -0.463 e. The summed E-state index contributed by atoms with van der Waals surface area (Å²) in [5, 5.41) is 13.1. The molecule has 0 aromatic carbocycles. The Morgan fingerprint density at radius 3 is 2.58 bits per heavy atom. The smallest absolute Gasteiger partial charge is 0.223 e. The summed E-state index contributed by atoms with van der Waals surface area (Å²) in [6.07, 6.45) is 0.961. The van der Waals surface area contributed by atoms with Crippen molar-refractivity contribution >= 4 is 5.91 Å². The summed E-state index contributed by atoms with van der Waals surface area (Å²) in [5.74, 6) is 1.46. The van der Waals surface area contributed by atoms with Crippen molar-refractivity contribution < 1.29 is 14.3 Å². The Morgan fingerprint density at radius 1 is 1.47 bits per heavy atom. The number of nitrogens with one attached hydrogen (secondary N) is 1. The molecule has 0 saturated carbocycles. The van der Waals surface area contributed by atoms with E-state index in [0.29, 0.717) is 11.7 Å². The van der Waals surface area contributed by atoms with Crippen molar-refractivity contribution in [1.82, 2.24) is 5.32 Å². The van der Waals surface area contributed by atoms with Gasteiger partial charge >= 0.3 is 0 Å². The molecule has 108 valence electrons. The zero-order valence-electron chi connectivity index (χ0n) is 12.5. The maximum Gasteiger partial charge on any atom is 0.223 e. The Balaban J connectivity index is 2.58. The summed E-state index contributed by atoms with van der Waals surface area (Å²) in [4.78, 5) is 12.0. The number of aliphatic hydroxyl groups is 1. The predicted molar refractivity (Wildman–Crippen MR) is 74.6 cm³/mol. The normalized spacial score (nSPS) is 17.6. The van der Waals surface area contributed by atoms with Gasteiger partial charge in [-0.3, -0.25) is 4.79 Å². The first-order valence-electron chi connectivity index (χ1n) is 6.85. The lowest BCUT2D eigenvalue weighted by Crippen LogP contribution is -2.41. The van der Waals surface area contributed by atoms with E-state index < -0.39 is 5.60 Å². The van der Waals surface area contributed by atoms with Gasteiger partial charge in [-0.1, -0.05) is 27.2 Å². The van der Waals surface area contributed by atoms with Crippen LogP contribution in [0.15, 0.2) is 16.5 Å². The van der Waals surface area contributed by atoms with E-state index in [2.05, 4.69) is 19.2 Å². The van der Waals surface area contributed by atoms with Crippen molar-refractivity contribution in [3.05, 3.63) is 23.7 Å². The molecule has 0 bridgehead atoms. The second kappa shape index (κ2) is 6.24. The average Bonchev–Trinajstić information content (AvgIpc) is 2.81. The van der Waals surface area contributed by atoms with Gasteiger partial charge in [0.25, 0.3) is 0 Å². The molecule has 1 amide bonds. The SMILES string of the molecule is CCC(C)C(C)C(=O)NCC(C)(O)c1ccc(C)o1. The van der Waals surface area contributed by atoms with Crippen LogP contribution in [0.25, 0.3) is 0 Å². The minimum atomic E-state index is -1.18. The van der Waals surface area contributed by atoms with Crippen LogP contribution in [0.3, 0.4) is 0 Å². The Morgan fingerprint density at radius 2 is 2.11 bits per heavy atom. The molecule has 1 aromatic heterocycles. The lowest BCUT2D eigenvalue weighted by Gasteiger charge is -2.24. The second-order valence-electron chi connectivity index (χ2n) is 5.58. The Labute approximate surface area is 115 Å². The molecule has 0 spiro atoms. The zero-order chi connectivity index (χ0) is 14.6. The number of aryl methyl sites for hydroxylation is 1. The molecule has 0 aliphatic heterocycles. The Kier molecular flexibility index (Phi) is 5.18. The summed E-state index contributed by atoms with van der Waals surface area (Å²) in [5.41, 5.74) is -1.18. The van der Waals surface area contributed by atoms with Crippen LogP contribution in [-0.4, -0.2) is 17.6 Å². The van der Waals surface area contributed by atoms with Crippen LogP contribution in [0.2, 0.25) is 0 Å². The van der Waals surface area contributed by atoms with Gasteiger partial charge in [0, 0.05) is 5.92 Å². The number of hydrogen-bond acceptors (Lipinski definition) is 3. The van der Waals surface area contributed by atoms with Crippen LogP contribution >= 0.6 is 0 Å². The molecular formula is C15H25NO3. The van der Waals surface area contributed by atoms with Crippen molar-refractivity contribution in [2.24, 2.45) is 11.8 Å². The summed E-state index contributed by atoms with van der Waals surface area (Å²) in [6, 6.07) is 3.53. The third-order valence-electron chi connectivity index (χ3n) is 3.79. The minimum absolute atomic E-state index is 0.0297. The van der Waals surface area contributed by atoms with Crippen LogP contribution in [0.5, 0.6) is 0 Å². The molecule has 19 heavy (non-hydrogen) atoms. The van der Waals surface area contributed by atoms with Gasteiger partial charge in [-0.2, -0.15) is 0 Å². The van der Waals surface area contributed by atoms with Gasteiger partial charge in [-0.15, -0.1) is 0 Å². The Bertz CT molecular complexity index is 423. The molecule has 2 N–H and O–H groups in total. The van der Waals surface area contributed by atoms with Gasteiger partial charge in [-0.25, -0.2) is 0 Å². The molecule has 0 saturated heterocycles. The van der Waals surface area contributed by atoms with Gasteiger partial charge in [0.05, 0.1) is 6.54 Å². The van der Waals surface area contributed by atoms with Gasteiger partial charge in [0.2, 0.25) is 5.91 Å². The predicted octanol–water partition coefficient (Wildman–Crippen LogP) is 2.59. The van der Waals surface area contributed by atoms with Crippen LogP contribution in [-0.2, 0) is 10.4 Å². The van der Waals surface area contributed by atoms with E-state index in [-0.39, 0.29) is 18.4 Å². The number of rotatable bonds is 6. The number of carbonyl (C=O) groups excluding carboxylic acids is 1. The molecule has 1 rings (SSSR count). The Hall–Kier alpha value is -1.29. The first-order valence-corrected chi connectivity index (χ1v) is 6.85. The van der Waals surface area contributed by atoms with E-state index in [1.165, 1.54) is 0 Å². The highest BCUT2D eigenvalue weighted by atomic mass is 16.4. The highest BCUT2D eigenvalue weighted by Gasteiger charge is 2.28. The molecule has 3 atom stereocenters. The van der Waals surface area contributed by atoms with E-state index in [0.717, 1.165) is 12.2 Å². The van der Waals surface area contributed by atoms with Gasteiger partial charge in [-0.05, 0) is 31.9 Å². The fourth-order valence-electron chi connectivity index (χ4n) is 1.84. The molecular weight excluding hydrogens is 242 g/mol. The highest BCUT2D eigenvalue weighted by Crippen LogP contribution is 2.22. The van der Waals surface area contributed by atoms with Crippen LogP contribution < -0.4 is 5.32 Å². The number of furan rings is 1. The molecule has 0 aliphatic carbocycles. The van der Waals surface area contributed by atoms with Crippen molar-refractivity contribution in [3.8, 4) is 0 Å². The topological polar surface area (TPSA) is 62.5 Å². The van der Waals surface area contributed by atoms with Crippen LogP contribution in [0, 0.1) is 18.8 Å². The summed E-state index contributed by atoms with van der Waals surface area (Å²) >= 11 is 0. The third-order valence-corrected chi connectivity index (χ3v) is 3.79. The summed E-state index contributed by atoms with van der Waals surface area (Å²) in [6.45, 7) is 9.64. The van der Waals surface area contributed by atoms with E-state index in [9.17, 15) is 9.90 Å². The van der Waals surface area contributed by atoms with Gasteiger partial charge < -0.3 is 14.8 Å². The molecule has 0 radical (unpaired) electrons. The monoisotopic (exact) mass is 267 g/mol. The maximum atomic E-state index is 12.0. The van der Waals surface area contributed by atoms with Crippen LogP contribution in [0.4, 0.5) is 0 Å². The van der Waals surface area contributed by atoms with Gasteiger partial charge in [0.1, 0.15) is 17.1 Å². The maximum absolute atomic E-state index is 12.0. The lowest BCUT2D eigenvalue weighted by atomic mass is 9.92. The molecule has 0 fully saturated rings. The fraction of sp³-hybridized carbons (Fsp3) is 0.667. The number of carbonyl (C=O) groups is 1. The van der Waals surface area contributed by atoms with Gasteiger partial charge in [0.15, 0.2) is 0 Å². The summed E-state index contributed by atoms with van der Waals surface area (Å²) in [7, 11) is 0. The zero-order valence-corrected chi connectivity index (χ0v) is 12.5. The molecule has 1 heterocycles. The first-order chi connectivity index (χ1) is 8.77. The molecule has 1 aromatic rings. The largest absolute Gasteiger partial charge is 0.463 e. The number of hydrogen-bond donors (Lipinski definition) is 2. The van der Waals surface area contributed by atoms with E-state index in [1.807, 2.05) is 13.8 Å². The number of amides is 1. The molecule has 4 heteroatoms. The van der Waals surface area contributed by atoms with Crippen molar-refractivity contribution in [2.45, 2.75) is 46.6 Å². The lowest BCUT2D eigenvalue weighted by molar-refractivity contribution is -0.127. The highest BCUT2D eigenvalue weighted by molar-refractivity contribution is 5.78. The third kappa shape index (κ3) is 4.10. The standard InChI is InChI=1S/C15H25NO3/c1-6-10(2)12(4)14(17)16-9-15(5,18)13-8-7-11(3)19-13/h7-8,10,12,18H,6,9H2,1-5H3,(H,16,17). The molecule has 4 nitrogen and oxygen atoms in total. The fourth-order valence-corrected chi connectivity index (χ4v) is 1.84. The van der Waals surface area contributed by atoms with Crippen molar-refractivity contribution in [2.75, 3.05) is 6.54 Å². The second-order valence-corrected chi connectivity index (χ2v) is 5.58. The average molecular weight is 267 g/mol. The first kappa shape index (κ1) is 15.8. The van der Waals surface area contributed by atoms with E-state index >= 15 is 0 Å². The van der Waals surface area contributed by atoms with E-state index in [4.69, 9.17) is 4.42 Å². The molecule has 0 aliphatic rings. The van der Waals surface area contributed by atoms with Crippen LogP contribution in [0.1, 0.15) is 45.6 Å². The molecule has 3 unspecified atom stereocenters. The quantitative estimate of drug-likeness (QED) is 0.832.